The number of hydrogen-bond acceptors (Lipinski definition) is 2. The molecule has 2 nitrogen and oxygen atoms in total. The summed E-state index contributed by atoms with van der Waals surface area (Å²) in [6.45, 7) is 11.0. The predicted molar refractivity (Wildman–Crippen MR) is 153 cm³/mol. The van der Waals surface area contributed by atoms with E-state index in [2.05, 4.69) is 67.2 Å². The Bertz CT molecular complexity index is 1120. The van der Waals surface area contributed by atoms with Gasteiger partial charge in [-0.3, -0.25) is 0 Å². The number of fused-ring (bicyclic) bond motifs is 1. The summed E-state index contributed by atoms with van der Waals surface area (Å²) in [5.41, 5.74) is 8.59. The van der Waals surface area contributed by atoms with Crippen LogP contribution in [0.2, 0.25) is 0 Å². The second-order valence-corrected chi connectivity index (χ2v) is 10.7. The maximum absolute atomic E-state index is 13.2. The van der Waals surface area contributed by atoms with Crippen molar-refractivity contribution in [2.75, 3.05) is 14.1 Å². The third-order valence-corrected chi connectivity index (χ3v) is 8.52. The number of benzene rings is 2. The molecule has 2 atom stereocenters. The molecule has 0 amide bonds. The van der Waals surface area contributed by atoms with E-state index in [-0.39, 0.29) is 11.2 Å². The van der Waals surface area contributed by atoms with E-state index >= 15 is 0 Å². The van der Waals surface area contributed by atoms with Crippen LogP contribution in [0.4, 0.5) is 4.39 Å². The van der Waals surface area contributed by atoms with Gasteiger partial charge in [-0.2, -0.15) is 0 Å². The molecule has 2 unspecified atom stereocenters. The van der Waals surface area contributed by atoms with Crippen LogP contribution in [0.1, 0.15) is 63.1 Å². The maximum Gasteiger partial charge on any atom is 0.123 e. The van der Waals surface area contributed by atoms with E-state index in [0.717, 1.165) is 31.4 Å². The van der Waals surface area contributed by atoms with Gasteiger partial charge < -0.3 is 10.3 Å². The minimum absolute atomic E-state index is 0.166. The Morgan fingerprint density at radius 1 is 1.11 bits per heavy atom. The van der Waals surface area contributed by atoms with Crippen molar-refractivity contribution >= 4 is 6.21 Å². The van der Waals surface area contributed by atoms with E-state index in [1.807, 2.05) is 26.1 Å². The van der Waals surface area contributed by atoms with Crippen LogP contribution in [0.3, 0.4) is 0 Å². The fourth-order valence-corrected chi connectivity index (χ4v) is 5.64. The molecule has 1 saturated carbocycles. The molecule has 0 saturated heterocycles. The monoisotopic (exact) mass is 486 g/mol. The number of aryl methyl sites for hydroxylation is 1. The Hall–Kier alpha value is -2.94. The minimum atomic E-state index is -0.166. The van der Waals surface area contributed by atoms with E-state index in [0.29, 0.717) is 5.41 Å². The summed E-state index contributed by atoms with van der Waals surface area (Å²) in [4.78, 5) is 3.61. The van der Waals surface area contributed by atoms with Crippen LogP contribution in [-0.2, 0) is 19.3 Å². The van der Waals surface area contributed by atoms with E-state index in [9.17, 15) is 4.39 Å². The lowest BCUT2D eigenvalue weighted by Gasteiger charge is -2.44. The van der Waals surface area contributed by atoms with Crippen LogP contribution in [0.5, 0.6) is 0 Å². The molecule has 0 radical (unpaired) electrons. The molecule has 2 aromatic rings. The first kappa shape index (κ1) is 27.6. The number of halogens is 1. The molecule has 0 aromatic heterocycles. The second-order valence-electron chi connectivity index (χ2n) is 10.7. The molecule has 3 heteroatoms. The quantitative estimate of drug-likeness (QED) is 0.375. The molecule has 1 N–H and O–H groups in total. The van der Waals surface area contributed by atoms with Gasteiger partial charge in [0, 0.05) is 26.2 Å². The fourth-order valence-electron chi connectivity index (χ4n) is 5.64. The lowest BCUT2D eigenvalue weighted by atomic mass is 9.60. The largest absolute Gasteiger partial charge is 0.392 e. The Balaban J connectivity index is 0.000000840. The number of nitrogens with one attached hydrogen (secondary N) is 1. The molecule has 0 aliphatic heterocycles. The molecule has 2 aromatic carbocycles. The van der Waals surface area contributed by atoms with Crippen molar-refractivity contribution in [1.29, 1.82) is 0 Å². The normalized spacial score (nSPS) is 22.8. The standard InChI is InChI=1S/C30H36FN.C3H7N/c1-22(32-4)19-26-8-6-5-7-25(26)14-16-29(2)17-15-27-21-24(13-18-30(27,29)3)20-23-9-11-28(31)12-10-23;1-3-4-2/h5-13,21,32H,1,14-20H2,2-4H3;3H,1-2H3. The maximum atomic E-state index is 13.2. The molecular weight excluding hydrogens is 443 g/mol. The van der Waals surface area contributed by atoms with Crippen molar-refractivity contribution in [3.8, 4) is 0 Å². The van der Waals surface area contributed by atoms with Gasteiger partial charge in [0.25, 0.3) is 0 Å². The van der Waals surface area contributed by atoms with Gasteiger partial charge in [0.05, 0.1) is 0 Å². The molecule has 0 heterocycles. The number of aliphatic imine (C=N–C) groups is 1. The topological polar surface area (TPSA) is 24.4 Å². The summed E-state index contributed by atoms with van der Waals surface area (Å²) in [7, 11) is 3.69. The zero-order chi connectivity index (χ0) is 26.2. The summed E-state index contributed by atoms with van der Waals surface area (Å²) >= 11 is 0. The second kappa shape index (κ2) is 12.3. The first-order valence-electron chi connectivity index (χ1n) is 13.2. The molecule has 192 valence electrons. The third kappa shape index (κ3) is 6.43. The minimum Gasteiger partial charge on any atom is -0.392 e. The lowest BCUT2D eigenvalue weighted by Crippen LogP contribution is -2.35. The highest BCUT2D eigenvalue weighted by atomic mass is 19.1. The van der Waals surface area contributed by atoms with Crippen molar-refractivity contribution in [2.45, 2.75) is 65.7 Å². The van der Waals surface area contributed by atoms with Crippen molar-refractivity contribution < 1.29 is 4.39 Å². The van der Waals surface area contributed by atoms with Crippen LogP contribution < -0.4 is 5.32 Å². The van der Waals surface area contributed by atoms with Crippen molar-refractivity contribution in [3.63, 3.8) is 0 Å². The van der Waals surface area contributed by atoms with Gasteiger partial charge in [-0.25, -0.2) is 4.39 Å². The summed E-state index contributed by atoms with van der Waals surface area (Å²) < 4.78 is 13.2. The molecule has 0 spiro atoms. The van der Waals surface area contributed by atoms with Crippen molar-refractivity contribution in [1.82, 2.24) is 5.32 Å². The first-order chi connectivity index (χ1) is 17.2. The first-order valence-corrected chi connectivity index (χ1v) is 13.2. The van der Waals surface area contributed by atoms with Crippen molar-refractivity contribution in [3.05, 3.63) is 107 Å². The Labute approximate surface area is 218 Å². The van der Waals surface area contributed by atoms with Gasteiger partial charge in [-0.15, -0.1) is 0 Å². The van der Waals surface area contributed by atoms with Crippen molar-refractivity contribution in [2.24, 2.45) is 15.8 Å². The molecule has 0 bridgehead atoms. The highest BCUT2D eigenvalue weighted by molar-refractivity contribution is 5.52. The molecule has 4 rings (SSSR count). The number of rotatable bonds is 8. The van der Waals surface area contributed by atoms with Gasteiger partial charge in [-0.05, 0) is 96.9 Å². The highest BCUT2D eigenvalue weighted by Crippen LogP contribution is 2.61. The molecule has 2 aliphatic carbocycles. The van der Waals surface area contributed by atoms with Crippen LogP contribution in [0.25, 0.3) is 0 Å². The van der Waals surface area contributed by atoms with Gasteiger partial charge in [0.2, 0.25) is 0 Å². The SMILES string of the molecule is C=C(Cc1ccccc1CCC1(C)CCC2=CC(Cc3ccc(F)cc3)=CCC21C)NC.CC=NC. The average Bonchev–Trinajstić information content (AvgIpc) is 3.15. The fraction of sp³-hybridized carbons (Fsp3) is 0.424. The van der Waals surface area contributed by atoms with E-state index in [1.165, 1.54) is 41.5 Å². The van der Waals surface area contributed by atoms with Gasteiger partial charge in [-0.1, -0.05) is 74.5 Å². The number of hydrogen-bond donors (Lipinski definition) is 1. The average molecular weight is 487 g/mol. The van der Waals surface area contributed by atoms with E-state index in [1.54, 1.807) is 31.0 Å². The predicted octanol–water partition coefficient (Wildman–Crippen LogP) is 8.05. The Morgan fingerprint density at radius 3 is 2.42 bits per heavy atom. The summed E-state index contributed by atoms with van der Waals surface area (Å²) in [6.07, 6.45) is 14.3. The number of likely N-dealkylation sites (N-methyl/N-ethyl adjacent to an activating group) is 1. The highest BCUT2D eigenvalue weighted by Gasteiger charge is 2.51. The van der Waals surface area contributed by atoms with E-state index in [4.69, 9.17) is 0 Å². The molecule has 36 heavy (non-hydrogen) atoms. The van der Waals surface area contributed by atoms with E-state index < -0.39 is 0 Å². The lowest BCUT2D eigenvalue weighted by molar-refractivity contribution is 0.128. The summed E-state index contributed by atoms with van der Waals surface area (Å²) in [5.74, 6) is -0.166. The third-order valence-electron chi connectivity index (χ3n) is 8.52. The number of allylic oxidation sites excluding steroid dienone is 5. The van der Waals surface area contributed by atoms with Gasteiger partial charge in [0.1, 0.15) is 5.82 Å². The van der Waals surface area contributed by atoms with Gasteiger partial charge in [0.15, 0.2) is 0 Å². The van der Waals surface area contributed by atoms with Crippen LogP contribution in [-0.4, -0.2) is 20.3 Å². The van der Waals surface area contributed by atoms with Crippen LogP contribution >= 0.6 is 0 Å². The Morgan fingerprint density at radius 2 is 1.78 bits per heavy atom. The van der Waals surface area contributed by atoms with Gasteiger partial charge >= 0.3 is 0 Å². The molecule has 2 aliphatic rings. The molecule has 1 fully saturated rings. The summed E-state index contributed by atoms with van der Waals surface area (Å²) in [6, 6.07) is 15.8. The zero-order valence-electron chi connectivity index (χ0n) is 22.8. The zero-order valence-corrected chi connectivity index (χ0v) is 22.8. The molecular formula is C33H43FN2. The van der Waals surface area contributed by atoms with Crippen LogP contribution in [0.15, 0.2) is 89.1 Å². The summed E-state index contributed by atoms with van der Waals surface area (Å²) in [5, 5.41) is 3.19. The number of nitrogens with zero attached hydrogens (tertiary/aromatic N) is 1. The smallest absolute Gasteiger partial charge is 0.123 e. The Kier molecular flexibility index (Phi) is 9.48. The van der Waals surface area contributed by atoms with Crippen LogP contribution in [0, 0.1) is 16.6 Å².